The number of unbranched alkanes of at least 4 members (excludes halogenated alkanes) is 19. The Hall–Kier alpha value is -0.570. The van der Waals surface area contributed by atoms with E-state index in [0.29, 0.717) is 19.1 Å². The Morgan fingerprint density at radius 1 is 0.514 bits per heavy atom. The first-order valence-electron chi connectivity index (χ1n) is 16.0. The number of esters is 1. The van der Waals surface area contributed by atoms with Crippen LogP contribution in [0, 0.1) is 5.92 Å². The number of carbonyl (C=O) groups is 1. The monoisotopic (exact) mass is 496 g/mol. The molecule has 1 unspecified atom stereocenters. The smallest absolute Gasteiger partial charge is 0.332 e. The van der Waals surface area contributed by atoms with E-state index in [4.69, 9.17) is 9.47 Å². The molecule has 0 N–H and O–H groups in total. The molecule has 210 valence electrons. The molecule has 0 aromatic carbocycles. The van der Waals surface area contributed by atoms with Crippen molar-refractivity contribution in [1.29, 1.82) is 0 Å². The van der Waals surface area contributed by atoms with E-state index in [-0.39, 0.29) is 12.6 Å². The van der Waals surface area contributed by atoms with E-state index < -0.39 is 0 Å². The number of carbonyl (C=O) groups excluding carboxylic acids is 1. The maximum Gasteiger partial charge on any atom is 0.332 e. The highest BCUT2D eigenvalue weighted by molar-refractivity contribution is 5.70. The second-order valence-electron chi connectivity index (χ2n) is 10.9. The van der Waals surface area contributed by atoms with Crippen LogP contribution in [0.4, 0.5) is 0 Å². The van der Waals surface area contributed by atoms with Crippen molar-refractivity contribution >= 4 is 5.97 Å². The Morgan fingerprint density at radius 2 is 0.886 bits per heavy atom. The molecule has 0 fully saturated rings. The molecule has 0 radical (unpaired) electrons. The van der Waals surface area contributed by atoms with Crippen molar-refractivity contribution in [3.63, 3.8) is 0 Å². The Kier molecular flexibility index (Phi) is 29.2. The molecule has 0 aromatic heterocycles. The zero-order valence-corrected chi connectivity index (χ0v) is 24.4. The lowest BCUT2D eigenvalue weighted by atomic mass is 9.95. The number of hydrogen-bond donors (Lipinski definition) is 0. The lowest BCUT2D eigenvalue weighted by Gasteiger charge is -2.17. The summed E-state index contributed by atoms with van der Waals surface area (Å²) in [6.45, 7) is 8.20. The van der Waals surface area contributed by atoms with Gasteiger partial charge in [-0.05, 0) is 25.2 Å². The van der Waals surface area contributed by atoms with Crippen LogP contribution in [0.25, 0.3) is 0 Å². The maximum absolute atomic E-state index is 12.1. The molecule has 0 aromatic rings. The van der Waals surface area contributed by atoms with Crippen LogP contribution in [0.1, 0.15) is 175 Å². The van der Waals surface area contributed by atoms with Gasteiger partial charge in [-0.2, -0.15) is 0 Å². The van der Waals surface area contributed by atoms with E-state index in [1.54, 1.807) is 0 Å². The standard InChI is InChI=1S/C32H64O3/c1-4-7-10-13-15-16-17-18-19-20-22-25-28-34-30-32(33)35-29-31(26-23-12-9-6-3)27-24-21-14-11-8-5-2/h31H,4-30H2,1-3H3. The number of hydrogen-bond acceptors (Lipinski definition) is 3. The van der Waals surface area contributed by atoms with Crippen molar-refractivity contribution in [2.45, 2.75) is 175 Å². The molecular formula is C32H64O3. The first-order chi connectivity index (χ1) is 17.2. The van der Waals surface area contributed by atoms with E-state index in [1.165, 1.54) is 148 Å². The van der Waals surface area contributed by atoms with Gasteiger partial charge < -0.3 is 9.47 Å². The van der Waals surface area contributed by atoms with Crippen molar-refractivity contribution in [2.24, 2.45) is 5.92 Å². The topological polar surface area (TPSA) is 35.5 Å². The summed E-state index contributed by atoms with van der Waals surface area (Å²) in [6, 6.07) is 0. The molecule has 0 aliphatic carbocycles. The van der Waals surface area contributed by atoms with Crippen LogP contribution < -0.4 is 0 Å². The summed E-state index contributed by atoms with van der Waals surface area (Å²) < 4.78 is 11.2. The molecule has 0 heterocycles. The predicted molar refractivity (Wildman–Crippen MR) is 153 cm³/mol. The first-order valence-corrected chi connectivity index (χ1v) is 16.0. The van der Waals surface area contributed by atoms with E-state index in [2.05, 4.69) is 20.8 Å². The van der Waals surface area contributed by atoms with E-state index >= 15 is 0 Å². The quantitative estimate of drug-likeness (QED) is 0.0763. The van der Waals surface area contributed by atoms with Crippen molar-refractivity contribution < 1.29 is 14.3 Å². The summed E-state index contributed by atoms with van der Waals surface area (Å²) in [5.74, 6) is 0.351. The zero-order valence-electron chi connectivity index (χ0n) is 24.4. The summed E-state index contributed by atoms with van der Waals surface area (Å²) in [5.41, 5.74) is 0. The normalized spacial score (nSPS) is 12.2. The van der Waals surface area contributed by atoms with Crippen LogP contribution >= 0.6 is 0 Å². The van der Waals surface area contributed by atoms with Crippen molar-refractivity contribution in [3.05, 3.63) is 0 Å². The third-order valence-electron chi connectivity index (χ3n) is 7.27. The van der Waals surface area contributed by atoms with Crippen LogP contribution in [-0.2, 0) is 14.3 Å². The Morgan fingerprint density at radius 3 is 1.34 bits per heavy atom. The average molecular weight is 497 g/mol. The summed E-state index contributed by atoms with van der Waals surface area (Å²) in [5, 5.41) is 0. The minimum atomic E-state index is -0.176. The maximum atomic E-state index is 12.1. The highest BCUT2D eigenvalue weighted by Gasteiger charge is 2.12. The summed E-state index contributed by atoms with van der Waals surface area (Å²) in [7, 11) is 0. The summed E-state index contributed by atoms with van der Waals surface area (Å²) >= 11 is 0. The van der Waals surface area contributed by atoms with Crippen molar-refractivity contribution in [2.75, 3.05) is 19.8 Å². The van der Waals surface area contributed by atoms with Gasteiger partial charge in [-0.3, -0.25) is 0 Å². The zero-order chi connectivity index (χ0) is 25.7. The third-order valence-corrected chi connectivity index (χ3v) is 7.27. The van der Waals surface area contributed by atoms with Gasteiger partial charge in [-0.15, -0.1) is 0 Å². The molecule has 3 nitrogen and oxygen atoms in total. The Labute approximate surface area is 220 Å². The number of ether oxygens (including phenoxy) is 2. The van der Waals surface area contributed by atoms with Gasteiger partial charge in [-0.1, -0.05) is 156 Å². The Bertz CT molecular complexity index is 410. The molecule has 0 spiro atoms. The van der Waals surface area contributed by atoms with Gasteiger partial charge in [-0.25, -0.2) is 4.79 Å². The molecule has 0 aliphatic rings. The lowest BCUT2D eigenvalue weighted by molar-refractivity contribution is -0.150. The van der Waals surface area contributed by atoms with E-state index in [1.807, 2.05) is 0 Å². The molecule has 0 saturated carbocycles. The van der Waals surface area contributed by atoms with Gasteiger partial charge in [0.05, 0.1) is 6.61 Å². The van der Waals surface area contributed by atoms with Crippen LogP contribution in [-0.4, -0.2) is 25.8 Å². The van der Waals surface area contributed by atoms with Gasteiger partial charge in [0.25, 0.3) is 0 Å². The highest BCUT2D eigenvalue weighted by Crippen LogP contribution is 2.19. The largest absolute Gasteiger partial charge is 0.464 e. The molecule has 0 aliphatic heterocycles. The van der Waals surface area contributed by atoms with Gasteiger partial charge in [0.2, 0.25) is 0 Å². The fraction of sp³-hybridized carbons (Fsp3) is 0.969. The molecule has 1 atom stereocenters. The van der Waals surface area contributed by atoms with Crippen LogP contribution in [0.5, 0.6) is 0 Å². The molecule has 0 saturated heterocycles. The summed E-state index contributed by atoms with van der Waals surface area (Å²) in [6.07, 6.45) is 31.6. The van der Waals surface area contributed by atoms with Crippen LogP contribution in [0.2, 0.25) is 0 Å². The second kappa shape index (κ2) is 29.7. The molecular weight excluding hydrogens is 432 g/mol. The van der Waals surface area contributed by atoms with Gasteiger partial charge in [0.15, 0.2) is 0 Å². The van der Waals surface area contributed by atoms with Gasteiger partial charge >= 0.3 is 5.97 Å². The molecule has 3 heteroatoms. The minimum absolute atomic E-state index is 0.123. The second-order valence-corrected chi connectivity index (χ2v) is 10.9. The first kappa shape index (κ1) is 34.4. The fourth-order valence-corrected chi connectivity index (χ4v) is 4.84. The van der Waals surface area contributed by atoms with Crippen molar-refractivity contribution in [3.8, 4) is 0 Å². The lowest BCUT2D eigenvalue weighted by Crippen LogP contribution is -2.18. The van der Waals surface area contributed by atoms with Crippen LogP contribution in [0.3, 0.4) is 0 Å². The highest BCUT2D eigenvalue weighted by atomic mass is 16.6. The average Bonchev–Trinajstić information content (AvgIpc) is 2.86. The molecule has 0 bridgehead atoms. The van der Waals surface area contributed by atoms with Gasteiger partial charge in [0.1, 0.15) is 6.61 Å². The van der Waals surface area contributed by atoms with Crippen molar-refractivity contribution in [1.82, 2.24) is 0 Å². The summed E-state index contributed by atoms with van der Waals surface area (Å²) in [4.78, 5) is 12.1. The van der Waals surface area contributed by atoms with E-state index in [9.17, 15) is 4.79 Å². The Balaban J connectivity index is 3.68. The third kappa shape index (κ3) is 27.9. The molecule has 0 rings (SSSR count). The minimum Gasteiger partial charge on any atom is -0.464 e. The number of rotatable bonds is 29. The fourth-order valence-electron chi connectivity index (χ4n) is 4.84. The molecule has 0 amide bonds. The molecule has 35 heavy (non-hydrogen) atoms. The van der Waals surface area contributed by atoms with Crippen LogP contribution in [0.15, 0.2) is 0 Å². The van der Waals surface area contributed by atoms with Gasteiger partial charge in [0, 0.05) is 6.61 Å². The predicted octanol–water partition coefficient (Wildman–Crippen LogP) is 10.6. The van der Waals surface area contributed by atoms with E-state index in [0.717, 1.165) is 6.42 Å². The SMILES string of the molecule is CCCCCCCCCCCCCCOCC(=O)OCC(CCCCCC)CCCCCCCC.